The Morgan fingerprint density at radius 2 is 2.05 bits per heavy atom. The zero-order valence-electron chi connectivity index (χ0n) is 11.8. The second-order valence-corrected chi connectivity index (χ2v) is 5.42. The molecule has 2 heterocycles. The van der Waals surface area contributed by atoms with Gasteiger partial charge in [-0.2, -0.15) is 0 Å². The van der Waals surface area contributed by atoms with Crippen LogP contribution in [-0.4, -0.2) is 37.1 Å². The predicted octanol–water partition coefficient (Wildman–Crippen LogP) is 1.45. The van der Waals surface area contributed by atoms with E-state index in [1.54, 1.807) is 0 Å². The van der Waals surface area contributed by atoms with Gasteiger partial charge < -0.3 is 10.4 Å². The number of H-pyrrole nitrogens is 1. The highest BCUT2D eigenvalue weighted by molar-refractivity contribution is 6.05. The fourth-order valence-electron chi connectivity index (χ4n) is 1.55. The van der Waals surface area contributed by atoms with E-state index in [1.807, 2.05) is 20.8 Å². The SMILES string of the molecule is CC(C)(C)c1nc(C(=O)Nc2cccnc2C(=O)O)n[nH]1. The zero-order chi connectivity index (χ0) is 15.6. The molecule has 0 unspecified atom stereocenters. The number of hydrogen-bond donors (Lipinski definition) is 3. The number of carboxylic acid groups (broad SMARTS) is 1. The minimum absolute atomic E-state index is 0.0554. The van der Waals surface area contributed by atoms with Crippen LogP contribution in [-0.2, 0) is 5.41 Å². The van der Waals surface area contributed by atoms with Crippen LogP contribution < -0.4 is 5.32 Å². The number of aromatic amines is 1. The highest BCUT2D eigenvalue weighted by Crippen LogP contribution is 2.18. The van der Waals surface area contributed by atoms with Crippen molar-refractivity contribution in [1.29, 1.82) is 0 Å². The van der Waals surface area contributed by atoms with Crippen LogP contribution in [0.4, 0.5) is 5.69 Å². The van der Waals surface area contributed by atoms with E-state index >= 15 is 0 Å². The van der Waals surface area contributed by atoms with Crippen molar-refractivity contribution in [2.75, 3.05) is 5.32 Å². The number of pyridine rings is 1. The molecular weight excluding hydrogens is 274 g/mol. The number of amides is 1. The van der Waals surface area contributed by atoms with E-state index in [4.69, 9.17) is 5.11 Å². The Morgan fingerprint density at radius 3 is 2.62 bits per heavy atom. The van der Waals surface area contributed by atoms with Gasteiger partial charge in [0.2, 0.25) is 5.82 Å². The van der Waals surface area contributed by atoms with Gasteiger partial charge in [-0.05, 0) is 12.1 Å². The molecule has 0 radical (unpaired) electrons. The summed E-state index contributed by atoms with van der Waals surface area (Å²) in [6.45, 7) is 5.79. The summed E-state index contributed by atoms with van der Waals surface area (Å²) < 4.78 is 0. The van der Waals surface area contributed by atoms with Gasteiger partial charge in [-0.15, -0.1) is 5.10 Å². The van der Waals surface area contributed by atoms with Crippen molar-refractivity contribution in [3.8, 4) is 0 Å². The second kappa shape index (κ2) is 5.31. The van der Waals surface area contributed by atoms with Crippen molar-refractivity contribution in [3.05, 3.63) is 35.7 Å². The average molecular weight is 289 g/mol. The number of carbonyl (C=O) groups is 2. The number of hydrogen-bond acceptors (Lipinski definition) is 5. The Bertz CT molecular complexity index is 687. The summed E-state index contributed by atoms with van der Waals surface area (Å²) in [5, 5.41) is 18.0. The van der Waals surface area contributed by atoms with E-state index in [1.165, 1.54) is 18.3 Å². The summed E-state index contributed by atoms with van der Waals surface area (Å²) in [6, 6.07) is 2.98. The molecule has 1 amide bonds. The van der Waals surface area contributed by atoms with Crippen molar-refractivity contribution < 1.29 is 14.7 Å². The Labute approximate surface area is 120 Å². The lowest BCUT2D eigenvalue weighted by Gasteiger charge is -2.12. The van der Waals surface area contributed by atoms with E-state index in [9.17, 15) is 9.59 Å². The van der Waals surface area contributed by atoms with Crippen LogP contribution in [0.3, 0.4) is 0 Å². The highest BCUT2D eigenvalue weighted by Gasteiger charge is 2.22. The molecule has 0 aliphatic carbocycles. The van der Waals surface area contributed by atoms with Crippen LogP contribution in [0.5, 0.6) is 0 Å². The van der Waals surface area contributed by atoms with Crippen LogP contribution in [0, 0.1) is 0 Å². The smallest absolute Gasteiger partial charge is 0.356 e. The van der Waals surface area contributed by atoms with Gasteiger partial charge in [0.05, 0.1) is 5.69 Å². The molecule has 0 aromatic carbocycles. The van der Waals surface area contributed by atoms with Crippen molar-refractivity contribution in [3.63, 3.8) is 0 Å². The number of aromatic nitrogens is 4. The molecule has 8 heteroatoms. The Balaban J connectivity index is 2.23. The van der Waals surface area contributed by atoms with E-state index in [0.717, 1.165) is 0 Å². The van der Waals surface area contributed by atoms with Crippen LogP contribution in [0.1, 0.15) is 47.7 Å². The third-order valence-corrected chi connectivity index (χ3v) is 2.66. The molecule has 0 aliphatic rings. The lowest BCUT2D eigenvalue weighted by molar-refractivity contribution is 0.0691. The Morgan fingerprint density at radius 1 is 1.33 bits per heavy atom. The normalized spacial score (nSPS) is 11.2. The molecule has 0 spiro atoms. The van der Waals surface area contributed by atoms with E-state index in [-0.39, 0.29) is 22.6 Å². The molecule has 21 heavy (non-hydrogen) atoms. The minimum Gasteiger partial charge on any atom is -0.476 e. The second-order valence-electron chi connectivity index (χ2n) is 5.42. The summed E-state index contributed by atoms with van der Waals surface area (Å²) in [4.78, 5) is 30.9. The minimum atomic E-state index is -1.23. The Kier molecular flexibility index (Phi) is 3.70. The fourth-order valence-corrected chi connectivity index (χ4v) is 1.55. The lowest BCUT2D eigenvalue weighted by Crippen LogP contribution is -2.18. The molecule has 0 saturated carbocycles. The maximum absolute atomic E-state index is 12.1. The monoisotopic (exact) mass is 289 g/mol. The van der Waals surface area contributed by atoms with Crippen molar-refractivity contribution in [1.82, 2.24) is 20.2 Å². The molecule has 0 fully saturated rings. The maximum Gasteiger partial charge on any atom is 0.356 e. The summed E-state index contributed by atoms with van der Waals surface area (Å²) in [5.41, 5.74) is -0.416. The summed E-state index contributed by atoms with van der Waals surface area (Å²) in [6.07, 6.45) is 1.34. The third-order valence-electron chi connectivity index (χ3n) is 2.66. The van der Waals surface area contributed by atoms with Gasteiger partial charge in [0.25, 0.3) is 5.91 Å². The van der Waals surface area contributed by atoms with Gasteiger partial charge in [0.15, 0.2) is 5.69 Å². The third kappa shape index (κ3) is 3.22. The van der Waals surface area contributed by atoms with Gasteiger partial charge in [-0.1, -0.05) is 20.8 Å². The van der Waals surface area contributed by atoms with Crippen LogP contribution in [0.2, 0.25) is 0 Å². The van der Waals surface area contributed by atoms with Crippen LogP contribution in [0.15, 0.2) is 18.3 Å². The molecular formula is C13H15N5O3. The molecule has 8 nitrogen and oxygen atoms in total. The first-order valence-corrected chi connectivity index (χ1v) is 6.21. The van der Waals surface area contributed by atoms with E-state index in [2.05, 4.69) is 25.5 Å². The van der Waals surface area contributed by atoms with Crippen molar-refractivity contribution in [2.24, 2.45) is 0 Å². The van der Waals surface area contributed by atoms with Gasteiger partial charge in [0.1, 0.15) is 5.82 Å². The molecule has 2 aromatic rings. The number of aromatic carboxylic acids is 1. The first-order chi connectivity index (χ1) is 9.79. The summed E-state index contributed by atoms with van der Waals surface area (Å²) >= 11 is 0. The zero-order valence-corrected chi connectivity index (χ0v) is 11.8. The first-order valence-electron chi connectivity index (χ1n) is 6.21. The standard InChI is InChI=1S/C13H15N5O3/c1-13(2,3)12-16-9(17-18-12)10(19)15-7-5-4-6-14-8(7)11(20)21/h4-6H,1-3H3,(H,15,19)(H,20,21)(H,16,17,18). The average Bonchev–Trinajstić information content (AvgIpc) is 2.88. The van der Waals surface area contributed by atoms with Gasteiger partial charge in [-0.25, -0.2) is 14.8 Å². The molecule has 0 saturated heterocycles. The van der Waals surface area contributed by atoms with Gasteiger partial charge in [-0.3, -0.25) is 9.89 Å². The van der Waals surface area contributed by atoms with E-state index in [0.29, 0.717) is 5.82 Å². The fraction of sp³-hybridized carbons (Fsp3) is 0.308. The predicted molar refractivity (Wildman–Crippen MR) is 74.2 cm³/mol. The molecule has 0 aliphatic heterocycles. The summed E-state index contributed by atoms with van der Waals surface area (Å²) in [7, 11) is 0. The van der Waals surface area contributed by atoms with Gasteiger partial charge >= 0.3 is 5.97 Å². The molecule has 110 valence electrons. The quantitative estimate of drug-likeness (QED) is 0.786. The molecule has 2 rings (SSSR count). The Hall–Kier alpha value is -2.77. The number of carbonyl (C=O) groups excluding carboxylic acids is 1. The molecule has 0 bridgehead atoms. The molecule has 3 N–H and O–H groups in total. The number of carboxylic acids is 1. The van der Waals surface area contributed by atoms with Crippen molar-refractivity contribution in [2.45, 2.75) is 26.2 Å². The molecule has 2 aromatic heterocycles. The first kappa shape index (κ1) is 14.6. The molecule has 0 atom stereocenters. The number of rotatable bonds is 3. The van der Waals surface area contributed by atoms with Crippen LogP contribution in [0.25, 0.3) is 0 Å². The van der Waals surface area contributed by atoms with Crippen LogP contribution >= 0.6 is 0 Å². The number of nitrogens with one attached hydrogen (secondary N) is 2. The summed E-state index contributed by atoms with van der Waals surface area (Å²) in [5.74, 6) is -1.31. The largest absolute Gasteiger partial charge is 0.476 e. The van der Waals surface area contributed by atoms with Crippen molar-refractivity contribution >= 4 is 17.6 Å². The highest BCUT2D eigenvalue weighted by atomic mass is 16.4. The topological polar surface area (TPSA) is 121 Å². The lowest BCUT2D eigenvalue weighted by atomic mass is 9.96. The maximum atomic E-state index is 12.1. The number of nitrogens with zero attached hydrogens (tertiary/aromatic N) is 3. The number of anilines is 1. The van der Waals surface area contributed by atoms with Gasteiger partial charge in [0, 0.05) is 11.6 Å². The van der Waals surface area contributed by atoms with E-state index < -0.39 is 11.9 Å².